The highest BCUT2D eigenvalue weighted by molar-refractivity contribution is 9.10. The Labute approximate surface area is 170 Å². The van der Waals surface area contributed by atoms with Crippen molar-refractivity contribution >= 4 is 21.8 Å². The number of carbonyl (C=O) groups excluding carboxylic acids is 1. The first-order chi connectivity index (χ1) is 13.7. The van der Waals surface area contributed by atoms with Crippen LogP contribution < -0.4 is 0 Å². The Morgan fingerprint density at radius 3 is 2.75 bits per heavy atom. The van der Waals surface area contributed by atoms with Gasteiger partial charge in [-0.15, -0.1) is 0 Å². The lowest BCUT2D eigenvalue weighted by Crippen LogP contribution is -2.42. The molecule has 1 amide bonds. The molecular formula is C19H18BrN5O3. The van der Waals surface area contributed by atoms with Crippen LogP contribution in [0.4, 0.5) is 0 Å². The molecule has 0 aliphatic carbocycles. The maximum atomic E-state index is 12.6. The molecule has 1 aliphatic rings. The number of nitrogens with zero attached hydrogens (tertiary/aromatic N) is 5. The first kappa shape index (κ1) is 18.7. The Morgan fingerprint density at radius 2 is 1.96 bits per heavy atom. The number of rotatable bonds is 5. The molecule has 144 valence electrons. The fourth-order valence-corrected chi connectivity index (χ4v) is 3.25. The molecule has 0 N–H and O–H groups in total. The van der Waals surface area contributed by atoms with E-state index in [-0.39, 0.29) is 12.0 Å². The molecule has 1 atom stereocenters. The average molecular weight is 444 g/mol. The molecule has 1 aromatic carbocycles. The van der Waals surface area contributed by atoms with E-state index in [2.05, 4.69) is 36.0 Å². The van der Waals surface area contributed by atoms with E-state index in [0.717, 1.165) is 10.0 Å². The van der Waals surface area contributed by atoms with E-state index < -0.39 is 0 Å². The molecule has 9 heteroatoms. The minimum atomic E-state index is -0.115. The number of hydrogen-bond donors (Lipinski definition) is 0. The molecule has 3 aromatic rings. The highest BCUT2D eigenvalue weighted by Gasteiger charge is 2.25. The SMILES string of the molecule is O=C(CCc1nc(-c2ncccn2)no1)N1CCOC(c2ccc(Br)cc2)C1. The van der Waals surface area contributed by atoms with Crippen molar-refractivity contribution in [3.05, 3.63) is 58.7 Å². The van der Waals surface area contributed by atoms with Gasteiger partial charge in [0.05, 0.1) is 13.2 Å². The third kappa shape index (κ3) is 4.42. The number of ether oxygens (including phenoxy) is 1. The highest BCUT2D eigenvalue weighted by Crippen LogP contribution is 2.24. The second-order valence-corrected chi connectivity index (χ2v) is 7.25. The van der Waals surface area contributed by atoms with Crippen LogP contribution in [-0.4, -0.2) is 50.6 Å². The van der Waals surface area contributed by atoms with E-state index in [1.165, 1.54) is 0 Å². The Bertz CT molecular complexity index is 932. The summed E-state index contributed by atoms with van der Waals surface area (Å²) in [6, 6.07) is 9.68. The fraction of sp³-hybridized carbons (Fsp3) is 0.316. The minimum Gasteiger partial charge on any atom is -0.370 e. The lowest BCUT2D eigenvalue weighted by Gasteiger charge is -2.33. The van der Waals surface area contributed by atoms with Crippen LogP contribution in [0.25, 0.3) is 11.6 Å². The molecule has 0 radical (unpaired) electrons. The zero-order valence-electron chi connectivity index (χ0n) is 15.0. The van der Waals surface area contributed by atoms with Gasteiger partial charge in [-0.2, -0.15) is 4.98 Å². The summed E-state index contributed by atoms with van der Waals surface area (Å²) >= 11 is 3.43. The molecule has 0 bridgehead atoms. The summed E-state index contributed by atoms with van der Waals surface area (Å²) in [6.45, 7) is 1.63. The van der Waals surface area contributed by atoms with Crippen LogP contribution >= 0.6 is 15.9 Å². The van der Waals surface area contributed by atoms with E-state index in [9.17, 15) is 4.79 Å². The molecule has 0 spiro atoms. The number of carbonyl (C=O) groups is 1. The van der Waals surface area contributed by atoms with Gasteiger partial charge in [-0.05, 0) is 23.8 Å². The maximum absolute atomic E-state index is 12.6. The second-order valence-electron chi connectivity index (χ2n) is 6.33. The first-order valence-corrected chi connectivity index (χ1v) is 9.73. The zero-order chi connectivity index (χ0) is 19.3. The molecule has 8 nitrogen and oxygen atoms in total. The van der Waals surface area contributed by atoms with Gasteiger partial charge in [0.1, 0.15) is 6.10 Å². The number of aromatic nitrogens is 4. The topological polar surface area (TPSA) is 94.2 Å². The number of morpholine rings is 1. The van der Waals surface area contributed by atoms with Gasteiger partial charge < -0.3 is 14.2 Å². The van der Waals surface area contributed by atoms with Crippen LogP contribution in [0.3, 0.4) is 0 Å². The monoisotopic (exact) mass is 443 g/mol. The molecule has 28 heavy (non-hydrogen) atoms. The fourth-order valence-electron chi connectivity index (χ4n) is 2.99. The lowest BCUT2D eigenvalue weighted by atomic mass is 10.1. The largest absolute Gasteiger partial charge is 0.370 e. The number of aryl methyl sites for hydroxylation is 1. The predicted octanol–water partition coefficient (Wildman–Crippen LogP) is 2.82. The van der Waals surface area contributed by atoms with Crippen LogP contribution in [0.5, 0.6) is 0 Å². The van der Waals surface area contributed by atoms with Gasteiger partial charge in [0.25, 0.3) is 0 Å². The van der Waals surface area contributed by atoms with E-state index in [1.54, 1.807) is 18.5 Å². The summed E-state index contributed by atoms with van der Waals surface area (Å²) in [5.41, 5.74) is 1.06. The summed E-state index contributed by atoms with van der Waals surface area (Å²) in [6.07, 6.45) is 3.78. The Morgan fingerprint density at radius 1 is 1.18 bits per heavy atom. The lowest BCUT2D eigenvalue weighted by molar-refractivity contribution is -0.139. The summed E-state index contributed by atoms with van der Waals surface area (Å²) in [5, 5.41) is 3.88. The molecule has 1 aliphatic heterocycles. The zero-order valence-corrected chi connectivity index (χ0v) is 16.6. The van der Waals surface area contributed by atoms with Gasteiger partial charge in [0, 0.05) is 36.3 Å². The summed E-state index contributed by atoms with van der Waals surface area (Å²) < 4.78 is 12.1. The highest BCUT2D eigenvalue weighted by atomic mass is 79.9. The van der Waals surface area contributed by atoms with Gasteiger partial charge >= 0.3 is 0 Å². The van der Waals surface area contributed by atoms with Gasteiger partial charge in [-0.1, -0.05) is 33.2 Å². The van der Waals surface area contributed by atoms with E-state index in [1.807, 2.05) is 29.2 Å². The van der Waals surface area contributed by atoms with Crippen molar-refractivity contribution in [1.82, 2.24) is 25.0 Å². The quantitative estimate of drug-likeness (QED) is 0.597. The summed E-state index contributed by atoms with van der Waals surface area (Å²) in [4.78, 5) is 26.9. The van der Waals surface area contributed by atoms with Crippen LogP contribution in [0.1, 0.15) is 24.0 Å². The molecule has 0 saturated carbocycles. The van der Waals surface area contributed by atoms with Gasteiger partial charge in [-0.25, -0.2) is 9.97 Å². The average Bonchev–Trinajstić information content (AvgIpc) is 3.22. The number of hydrogen-bond acceptors (Lipinski definition) is 7. The van der Waals surface area contributed by atoms with Crippen molar-refractivity contribution in [2.45, 2.75) is 18.9 Å². The number of benzene rings is 1. The number of amides is 1. The van der Waals surface area contributed by atoms with E-state index >= 15 is 0 Å². The third-order valence-electron chi connectivity index (χ3n) is 4.45. The molecule has 4 rings (SSSR count). The molecule has 3 heterocycles. The molecule has 1 fully saturated rings. The maximum Gasteiger partial charge on any atom is 0.240 e. The van der Waals surface area contributed by atoms with Crippen molar-refractivity contribution in [3.8, 4) is 11.6 Å². The van der Waals surface area contributed by atoms with Crippen molar-refractivity contribution in [1.29, 1.82) is 0 Å². The Hall–Kier alpha value is -2.65. The Balaban J connectivity index is 1.33. The van der Waals surface area contributed by atoms with Gasteiger partial charge in [-0.3, -0.25) is 4.79 Å². The van der Waals surface area contributed by atoms with Gasteiger partial charge in [0.2, 0.25) is 23.4 Å². The smallest absolute Gasteiger partial charge is 0.240 e. The van der Waals surface area contributed by atoms with Crippen molar-refractivity contribution in [2.75, 3.05) is 19.7 Å². The van der Waals surface area contributed by atoms with E-state index in [4.69, 9.17) is 9.26 Å². The van der Waals surface area contributed by atoms with Crippen LogP contribution in [0.15, 0.2) is 51.7 Å². The van der Waals surface area contributed by atoms with Crippen LogP contribution in [0.2, 0.25) is 0 Å². The third-order valence-corrected chi connectivity index (χ3v) is 4.98. The minimum absolute atomic E-state index is 0.0427. The van der Waals surface area contributed by atoms with Crippen molar-refractivity contribution in [2.24, 2.45) is 0 Å². The standard InChI is InChI=1S/C19H18BrN5O3/c20-14-4-2-13(3-5-14)15-12-25(10-11-27-15)17(26)7-6-16-23-19(24-28-16)18-21-8-1-9-22-18/h1-5,8-9,15H,6-7,10-12H2. The second kappa shape index (κ2) is 8.57. The number of halogens is 1. The summed E-state index contributed by atoms with van der Waals surface area (Å²) in [7, 11) is 0. The molecule has 1 saturated heterocycles. The van der Waals surface area contributed by atoms with Crippen LogP contribution in [0, 0.1) is 0 Å². The first-order valence-electron chi connectivity index (χ1n) is 8.94. The molecular weight excluding hydrogens is 426 g/mol. The van der Waals surface area contributed by atoms with Crippen LogP contribution in [-0.2, 0) is 16.0 Å². The summed E-state index contributed by atoms with van der Waals surface area (Å²) in [5.74, 6) is 1.16. The normalized spacial score (nSPS) is 16.9. The Kier molecular flexibility index (Phi) is 5.73. The van der Waals surface area contributed by atoms with E-state index in [0.29, 0.717) is 50.1 Å². The van der Waals surface area contributed by atoms with Crippen molar-refractivity contribution in [3.63, 3.8) is 0 Å². The van der Waals surface area contributed by atoms with Crippen molar-refractivity contribution < 1.29 is 14.1 Å². The molecule has 2 aromatic heterocycles. The van der Waals surface area contributed by atoms with Gasteiger partial charge in [0.15, 0.2) is 0 Å². The molecule has 1 unspecified atom stereocenters. The predicted molar refractivity (Wildman–Crippen MR) is 103 cm³/mol.